The first-order valence-electron chi connectivity index (χ1n) is 12.2. The second-order valence-corrected chi connectivity index (χ2v) is 13.1. The van der Waals surface area contributed by atoms with Crippen LogP contribution in [0.5, 0.6) is 0 Å². The van der Waals surface area contributed by atoms with E-state index in [1.807, 2.05) is 0 Å². The van der Waals surface area contributed by atoms with Gasteiger partial charge in [0.1, 0.15) is 11.3 Å². The number of benzene rings is 1. The minimum Gasteiger partial charge on any atom is -0.454 e. The number of hydrogen-bond acceptors (Lipinski definition) is 4. The molecule has 43 heavy (non-hydrogen) atoms. The van der Waals surface area contributed by atoms with E-state index in [4.69, 9.17) is 32.0 Å². The van der Waals surface area contributed by atoms with Gasteiger partial charge in [0, 0.05) is 17.8 Å². The molecule has 216 valence electrons. The number of nitrogens with zero attached hydrogens (tertiary/aromatic N) is 2. The van der Waals surface area contributed by atoms with Crippen molar-refractivity contribution in [1.82, 2.24) is 8.96 Å². The lowest BCUT2D eigenvalue weighted by molar-refractivity contribution is 0.376. The van der Waals surface area contributed by atoms with Crippen LogP contribution in [-0.2, 0) is 0 Å². The number of aromatic nitrogens is 1. The third-order valence-corrected chi connectivity index (χ3v) is 9.77. The summed E-state index contributed by atoms with van der Waals surface area (Å²) in [6.45, 7) is -4.86. The predicted octanol–water partition coefficient (Wildman–Crippen LogP) is 8.27. The first-order valence-corrected chi connectivity index (χ1v) is 14.6. The predicted molar refractivity (Wildman–Crippen MR) is 150 cm³/mol. The summed E-state index contributed by atoms with van der Waals surface area (Å²) in [5.74, 6) is -10.8. The molecule has 0 saturated carbocycles. The summed E-state index contributed by atoms with van der Waals surface area (Å²) in [5, 5.41) is -0.179. The van der Waals surface area contributed by atoms with Crippen molar-refractivity contribution in [2.75, 3.05) is 0 Å². The Morgan fingerprint density at radius 2 is 1.33 bits per heavy atom. The van der Waals surface area contributed by atoms with Gasteiger partial charge < -0.3 is 26.4 Å². The molecule has 0 unspecified atom stereocenters. The zero-order valence-electron chi connectivity index (χ0n) is 20.6. The maximum Gasteiger partial charge on any atom is 0.738 e. The minimum absolute atomic E-state index is 0.111. The fraction of sp³-hybridized carbons (Fsp3) is 0. The Labute approximate surface area is 252 Å². The zero-order chi connectivity index (χ0) is 30.1. The van der Waals surface area contributed by atoms with E-state index in [1.165, 1.54) is 12.1 Å². The van der Waals surface area contributed by atoms with Crippen LogP contribution in [0.1, 0.15) is 11.3 Å². The smallest absolute Gasteiger partial charge is 0.454 e. The highest BCUT2D eigenvalue weighted by molar-refractivity contribution is 7.19. The summed E-state index contributed by atoms with van der Waals surface area (Å²) >= 11 is 14.3. The van der Waals surface area contributed by atoms with Crippen molar-refractivity contribution in [2.24, 2.45) is 0 Å². The van der Waals surface area contributed by atoms with Crippen molar-refractivity contribution >= 4 is 75.6 Å². The fourth-order valence-electron chi connectivity index (χ4n) is 5.54. The van der Waals surface area contributed by atoms with Crippen LogP contribution in [0.25, 0.3) is 44.0 Å². The first kappa shape index (κ1) is 26.9. The first-order chi connectivity index (χ1) is 20.5. The Kier molecular flexibility index (Phi) is 5.57. The number of halogens is 9. The molecular weight excluding hydrogens is 663 g/mol. The molecule has 2 aliphatic rings. The summed E-state index contributed by atoms with van der Waals surface area (Å²) in [5.41, 5.74) is -3.48. The lowest BCUT2D eigenvalue weighted by Gasteiger charge is -2.31. The molecule has 7 heterocycles. The lowest BCUT2D eigenvalue weighted by atomic mass is 9.85. The van der Waals surface area contributed by atoms with Crippen molar-refractivity contribution in [3.63, 3.8) is 0 Å². The number of fused-ring (bicyclic) bond motifs is 5. The van der Waals surface area contributed by atoms with Gasteiger partial charge in [-0.3, -0.25) is 0 Å². The highest BCUT2D eigenvalue weighted by atomic mass is 35.5. The zero-order valence-corrected chi connectivity index (χ0v) is 23.8. The molecule has 1 aromatic carbocycles. The molecule has 0 spiro atoms. The second kappa shape index (κ2) is 8.91. The van der Waals surface area contributed by atoms with Crippen LogP contribution in [0, 0.1) is 29.1 Å². The van der Waals surface area contributed by atoms with Crippen LogP contribution < -0.4 is 15.3 Å². The van der Waals surface area contributed by atoms with Crippen LogP contribution in [-0.4, -0.2) is 11.4 Å². The normalized spacial score (nSPS) is 15.3. The average molecular weight is 671 g/mol. The van der Waals surface area contributed by atoms with Gasteiger partial charge in [0.15, 0.2) is 40.1 Å². The molecule has 6 aromatic rings. The molecule has 0 radical (unpaired) electrons. The lowest BCUT2D eigenvalue weighted by Crippen LogP contribution is -2.56. The number of rotatable bonds is 3. The number of furan rings is 2. The van der Waals surface area contributed by atoms with E-state index < -0.39 is 58.6 Å². The van der Waals surface area contributed by atoms with Gasteiger partial charge in [-0.2, -0.15) is 0 Å². The quantitative estimate of drug-likeness (QED) is 0.0822. The van der Waals surface area contributed by atoms with Crippen molar-refractivity contribution in [3.05, 3.63) is 108 Å². The topological polar surface area (TPSA) is 34.2 Å². The van der Waals surface area contributed by atoms with Crippen molar-refractivity contribution in [3.8, 4) is 21.3 Å². The molecule has 0 bridgehead atoms. The van der Waals surface area contributed by atoms with Gasteiger partial charge in [-0.25, -0.2) is 22.0 Å². The van der Waals surface area contributed by atoms with Gasteiger partial charge in [0.2, 0.25) is 11.2 Å². The van der Waals surface area contributed by atoms with Gasteiger partial charge in [0.25, 0.3) is 0 Å². The summed E-state index contributed by atoms with van der Waals surface area (Å²) < 4.78 is 120. The largest absolute Gasteiger partial charge is 0.738 e. The van der Waals surface area contributed by atoms with Crippen molar-refractivity contribution < 1.29 is 39.4 Å². The van der Waals surface area contributed by atoms with Gasteiger partial charge in [-0.1, -0.05) is 23.2 Å². The van der Waals surface area contributed by atoms with Crippen molar-refractivity contribution in [1.29, 1.82) is 0 Å². The Morgan fingerprint density at radius 1 is 0.744 bits per heavy atom. The van der Waals surface area contributed by atoms with Crippen LogP contribution in [0.4, 0.5) is 30.6 Å². The Morgan fingerprint density at radius 3 is 1.91 bits per heavy atom. The molecule has 0 fully saturated rings. The van der Waals surface area contributed by atoms with E-state index in [9.17, 15) is 13.2 Å². The van der Waals surface area contributed by atoms with Crippen molar-refractivity contribution in [2.45, 2.75) is 0 Å². The third kappa shape index (κ3) is 3.60. The van der Waals surface area contributed by atoms with Gasteiger partial charge in [-0.05, 0) is 24.3 Å². The van der Waals surface area contributed by atoms with Crippen LogP contribution in [0.15, 0.2) is 57.0 Å². The number of allylic oxidation sites excluding steroid dienone is 1. The molecule has 0 saturated heterocycles. The number of hydrogen-bond donors (Lipinski definition) is 0. The molecule has 16 heteroatoms. The molecule has 8 rings (SSSR count). The number of thiophene rings is 2. The molecule has 0 N–H and O–H groups in total. The van der Waals surface area contributed by atoms with E-state index in [2.05, 4.69) is 0 Å². The summed E-state index contributed by atoms with van der Waals surface area (Å²) in [7, 11) is 0. The average Bonchev–Trinajstić information content (AvgIpc) is 3.77. The summed E-state index contributed by atoms with van der Waals surface area (Å²) in [6.07, 6.45) is 1.08. The van der Waals surface area contributed by atoms with Crippen LogP contribution in [0.2, 0.25) is 8.67 Å². The van der Waals surface area contributed by atoms with Crippen LogP contribution in [0.3, 0.4) is 0 Å². The molecular formula is C27H8BCl2F7N2O2S2. The maximum absolute atomic E-state index is 16.7. The van der Waals surface area contributed by atoms with E-state index >= 15 is 17.4 Å². The molecule has 0 amide bonds. The highest BCUT2D eigenvalue weighted by Crippen LogP contribution is 2.45. The SMILES string of the molecule is Fc1c(F)c(F)c(C2=C3C=c4oc(-c5ccc(Cl)s5)cc4=[N+]3[B-](F)(F)n3c2cc2oc(-c4ccc(Cl)s4)cc23)c(F)c1F. The third-order valence-electron chi connectivity index (χ3n) is 7.28. The molecule has 5 aromatic heterocycles. The van der Waals surface area contributed by atoms with E-state index in [0.717, 1.165) is 34.8 Å². The molecule has 0 aliphatic carbocycles. The Balaban J connectivity index is 1.48. The standard InChI is InChI=1S/C27H8BCl2F7N2O2S2/c29-19-3-1-17(42-19)15-5-9-13(40-15)7-11-21(22-23(31)25(33)27(35)26(34)24(22)32)12-8-14-10(39(12)28(36,37)38(9)11)6-16(41-14)18-2-4-20(30)43-18/h1-8H. The van der Waals surface area contributed by atoms with E-state index in [1.54, 1.807) is 24.3 Å². The minimum atomic E-state index is -4.86. The molecule has 2 aliphatic heterocycles. The maximum atomic E-state index is 16.7. The van der Waals surface area contributed by atoms with Crippen LogP contribution >= 0.6 is 45.9 Å². The molecule has 0 atom stereocenters. The summed E-state index contributed by atoms with van der Waals surface area (Å²) in [6, 6.07) is 10.1. The monoisotopic (exact) mass is 670 g/mol. The fourth-order valence-corrected chi connectivity index (χ4v) is 7.53. The summed E-state index contributed by atoms with van der Waals surface area (Å²) in [4.78, 5) is 1.04. The van der Waals surface area contributed by atoms with Gasteiger partial charge in [-0.15, -0.1) is 22.7 Å². The highest BCUT2D eigenvalue weighted by Gasteiger charge is 2.55. The van der Waals surface area contributed by atoms with E-state index in [-0.39, 0.29) is 33.4 Å². The van der Waals surface area contributed by atoms with E-state index in [0.29, 0.717) is 27.4 Å². The molecule has 4 nitrogen and oxygen atoms in total. The van der Waals surface area contributed by atoms with Gasteiger partial charge in [0.05, 0.1) is 47.2 Å². The Bertz CT molecular complexity index is 2360. The van der Waals surface area contributed by atoms with Gasteiger partial charge >= 0.3 is 6.97 Å². The second-order valence-electron chi connectivity index (χ2n) is 9.64. The Hall–Kier alpha value is -3.72.